The van der Waals surface area contributed by atoms with Crippen molar-refractivity contribution in [2.45, 2.75) is 37.3 Å². The average molecular weight is 426 g/mol. The molecule has 0 radical (unpaired) electrons. The van der Waals surface area contributed by atoms with E-state index in [1.54, 1.807) is 30.3 Å². The molecule has 2 aromatic carbocycles. The predicted octanol–water partition coefficient (Wildman–Crippen LogP) is 4.41. The first-order valence-electron chi connectivity index (χ1n) is 10.3. The lowest BCUT2D eigenvalue weighted by Gasteiger charge is -2.26. The van der Waals surface area contributed by atoms with Crippen LogP contribution in [0.3, 0.4) is 0 Å². The average Bonchev–Trinajstić information content (AvgIpc) is 2.77. The van der Waals surface area contributed by atoms with E-state index in [1.165, 1.54) is 34.9 Å². The number of benzene rings is 2. The van der Waals surface area contributed by atoms with E-state index in [9.17, 15) is 14.0 Å². The third kappa shape index (κ3) is 4.56. The van der Waals surface area contributed by atoms with Crippen LogP contribution in [0.1, 0.15) is 32.1 Å². The summed E-state index contributed by atoms with van der Waals surface area (Å²) in [6.45, 7) is 1.72. The summed E-state index contributed by atoms with van der Waals surface area (Å²) in [5, 5.41) is 1.00. The Kier molecular flexibility index (Phi) is 6.47. The van der Waals surface area contributed by atoms with Gasteiger partial charge in [-0.2, -0.15) is 0 Å². The van der Waals surface area contributed by atoms with Gasteiger partial charge in [-0.05, 0) is 56.0 Å². The van der Waals surface area contributed by atoms with E-state index in [4.69, 9.17) is 0 Å². The SMILES string of the molecule is O=C(CCCSc1nc2ccccc2c(=O)n1-c1cccc(F)c1)N1CCCCC1. The van der Waals surface area contributed by atoms with Crippen molar-refractivity contribution in [1.82, 2.24) is 14.5 Å². The van der Waals surface area contributed by atoms with Crippen molar-refractivity contribution in [2.75, 3.05) is 18.8 Å². The molecule has 0 unspecified atom stereocenters. The first-order valence-corrected chi connectivity index (χ1v) is 11.3. The number of hydrogen-bond donors (Lipinski definition) is 0. The number of likely N-dealkylation sites (tertiary alicyclic amines) is 1. The molecule has 3 aromatic rings. The van der Waals surface area contributed by atoms with Crippen molar-refractivity contribution in [2.24, 2.45) is 0 Å². The molecular weight excluding hydrogens is 401 g/mol. The monoisotopic (exact) mass is 425 g/mol. The zero-order valence-electron chi connectivity index (χ0n) is 16.7. The first kappa shape index (κ1) is 20.6. The summed E-state index contributed by atoms with van der Waals surface area (Å²) in [6, 6.07) is 13.1. The Bertz CT molecular complexity index is 1110. The van der Waals surface area contributed by atoms with Crippen molar-refractivity contribution in [3.05, 3.63) is 64.7 Å². The lowest BCUT2D eigenvalue weighted by Crippen LogP contribution is -2.35. The van der Waals surface area contributed by atoms with Crippen LogP contribution in [0.15, 0.2) is 58.5 Å². The van der Waals surface area contributed by atoms with E-state index in [2.05, 4.69) is 4.98 Å². The molecule has 5 nitrogen and oxygen atoms in total. The van der Waals surface area contributed by atoms with Crippen LogP contribution in [0.5, 0.6) is 0 Å². The standard InChI is InChI=1S/C23H24FN3O2S/c24-17-8-6-9-18(16-17)27-22(29)19-10-2-3-11-20(19)25-23(27)30-15-7-12-21(28)26-13-4-1-5-14-26/h2-3,6,8-11,16H,1,4-5,7,12-15H2. The van der Waals surface area contributed by atoms with Crippen molar-refractivity contribution in [1.29, 1.82) is 0 Å². The van der Waals surface area contributed by atoms with Gasteiger partial charge in [-0.15, -0.1) is 0 Å². The van der Waals surface area contributed by atoms with E-state index >= 15 is 0 Å². The van der Waals surface area contributed by atoms with E-state index in [-0.39, 0.29) is 11.5 Å². The smallest absolute Gasteiger partial charge is 0.266 e. The van der Waals surface area contributed by atoms with Crippen LogP contribution in [0.4, 0.5) is 4.39 Å². The molecular formula is C23H24FN3O2S. The number of halogens is 1. The highest BCUT2D eigenvalue weighted by Gasteiger charge is 2.17. The maximum absolute atomic E-state index is 13.8. The van der Waals surface area contributed by atoms with Crippen molar-refractivity contribution in [3.63, 3.8) is 0 Å². The van der Waals surface area contributed by atoms with Gasteiger partial charge in [0.1, 0.15) is 5.82 Å². The number of rotatable bonds is 6. The number of carbonyl (C=O) groups excluding carboxylic acids is 1. The van der Waals surface area contributed by atoms with Crippen LogP contribution in [0.2, 0.25) is 0 Å². The molecule has 2 heterocycles. The Morgan fingerprint density at radius 1 is 1.07 bits per heavy atom. The summed E-state index contributed by atoms with van der Waals surface area (Å²) in [7, 11) is 0. The fourth-order valence-electron chi connectivity index (χ4n) is 3.74. The normalized spacial score (nSPS) is 14.2. The molecule has 156 valence electrons. The summed E-state index contributed by atoms with van der Waals surface area (Å²) in [5.74, 6) is 0.444. The molecule has 1 aliphatic rings. The minimum Gasteiger partial charge on any atom is -0.343 e. The second-order valence-corrected chi connectivity index (χ2v) is 8.49. The van der Waals surface area contributed by atoms with Gasteiger partial charge < -0.3 is 4.90 Å². The molecule has 0 N–H and O–H groups in total. The number of nitrogens with zero attached hydrogens (tertiary/aromatic N) is 3. The topological polar surface area (TPSA) is 55.2 Å². The summed E-state index contributed by atoms with van der Waals surface area (Å²) in [4.78, 5) is 32.1. The summed E-state index contributed by atoms with van der Waals surface area (Å²) in [6.07, 6.45) is 4.56. The molecule has 0 spiro atoms. The zero-order chi connectivity index (χ0) is 20.9. The van der Waals surface area contributed by atoms with Gasteiger partial charge in [-0.1, -0.05) is 30.0 Å². The van der Waals surface area contributed by atoms with Gasteiger partial charge in [0.05, 0.1) is 16.6 Å². The summed E-state index contributed by atoms with van der Waals surface area (Å²) < 4.78 is 15.3. The van der Waals surface area contributed by atoms with Gasteiger partial charge in [0.25, 0.3) is 5.56 Å². The number of para-hydroxylation sites is 1. The molecule has 1 fully saturated rings. The minimum atomic E-state index is -0.407. The highest BCUT2D eigenvalue weighted by molar-refractivity contribution is 7.99. The third-order valence-electron chi connectivity index (χ3n) is 5.29. The maximum atomic E-state index is 13.8. The fourth-order valence-corrected chi connectivity index (χ4v) is 4.69. The Morgan fingerprint density at radius 3 is 2.67 bits per heavy atom. The molecule has 1 aromatic heterocycles. The second-order valence-electron chi connectivity index (χ2n) is 7.43. The van der Waals surface area contributed by atoms with Crippen LogP contribution in [0.25, 0.3) is 16.6 Å². The number of piperidine rings is 1. The van der Waals surface area contributed by atoms with Gasteiger partial charge in [0, 0.05) is 25.3 Å². The van der Waals surface area contributed by atoms with Crippen molar-refractivity contribution < 1.29 is 9.18 Å². The number of fused-ring (bicyclic) bond motifs is 1. The van der Waals surface area contributed by atoms with Crippen LogP contribution in [-0.2, 0) is 4.79 Å². The number of hydrogen-bond acceptors (Lipinski definition) is 4. The third-order valence-corrected chi connectivity index (χ3v) is 6.31. The van der Waals surface area contributed by atoms with E-state index < -0.39 is 5.82 Å². The molecule has 1 aliphatic heterocycles. The predicted molar refractivity (Wildman–Crippen MR) is 118 cm³/mol. The first-order chi connectivity index (χ1) is 14.6. The molecule has 0 atom stereocenters. The van der Waals surface area contributed by atoms with Crippen LogP contribution in [-0.4, -0.2) is 39.2 Å². The molecule has 0 aliphatic carbocycles. The van der Waals surface area contributed by atoms with Crippen molar-refractivity contribution >= 4 is 28.6 Å². The van der Waals surface area contributed by atoms with Gasteiger partial charge in [-0.3, -0.25) is 14.2 Å². The summed E-state index contributed by atoms with van der Waals surface area (Å²) >= 11 is 1.42. The van der Waals surface area contributed by atoms with E-state index in [0.717, 1.165) is 25.9 Å². The number of amides is 1. The Balaban J connectivity index is 1.54. The Labute approximate surface area is 178 Å². The lowest BCUT2D eigenvalue weighted by atomic mass is 10.1. The van der Waals surface area contributed by atoms with Gasteiger partial charge in [0.15, 0.2) is 5.16 Å². The molecule has 4 rings (SSSR count). The van der Waals surface area contributed by atoms with Gasteiger partial charge in [0.2, 0.25) is 5.91 Å². The maximum Gasteiger partial charge on any atom is 0.266 e. The zero-order valence-corrected chi connectivity index (χ0v) is 17.5. The largest absolute Gasteiger partial charge is 0.343 e. The number of aromatic nitrogens is 2. The van der Waals surface area contributed by atoms with E-state index in [1.807, 2.05) is 11.0 Å². The van der Waals surface area contributed by atoms with Gasteiger partial charge >= 0.3 is 0 Å². The summed E-state index contributed by atoms with van der Waals surface area (Å²) in [5.41, 5.74) is 0.838. The molecule has 7 heteroatoms. The second kappa shape index (κ2) is 9.43. The van der Waals surface area contributed by atoms with Crippen LogP contribution >= 0.6 is 11.8 Å². The molecule has 0 saturated carbocycles. The molecule has 1 amide bonds. The van der Waals surface area contributed by atoms with Crippen LogP contribution < -0.4 is 5.56 Å². The van der Waals surface area contributed by atoms with Crippen LogP contribution in [0, 0.1) is 5.82 Å². The highest BCUT2D eigenvalue weighted by atomic mass is 32.2. The minimum absolute atomic E-state index is 0.198. The van der Waals surface area contributed by atoms with Crippen molar-refractivity contribution in [3.8, 4) is 5.69 Å². The van der Waals surface area contributed by atoms with E-state index in [0.29, 0.717) is 40.3 Å². The lowest BCUT2D eigenvalue weighted by molar-refractivity contribution is -0.132. The Hall–Kier alpha value is -2.67. The number of carbonyl (C=O) groups is 1. The van der Waals surface area contributed by atoms with Gasteiger partial charge in [-0.25, -0.2) is 9.37 Å². The highest BCUT2D eigenvalue weighted by Crippen LogP contribution is 2.23. The molecule has 1 saturated heterocycles. The quantitative estimate of drug-likeness (QED) is 0.334. The fraction of sp³-hybridized carbons (Fsp3) is 0.348. The Morgan fingerprint density at radius 2 is 1.87 bits per heavy atom. The number of thioether (sulfide) groups is 1. The molecule has 30 heavy (non-hydrogen) atoms. The molecule has 0 bridgehead atoms.